The fourth-order valence-electron chi connectivity index (χ4n) is 3.17. The zero-order valence-corrected chi connectivity index (χ0v) is 17.6. The van der Waals surface area contributed by atoms with E-state index < -0.39 is 29.0 Å². The molecular formula is C25H17F4NS. The number of halogens is 4. The standard InChI is InChI=1S/C25H17F4NS/c1-3-4-20-21(26)12-19(13-22(20)27)18-8-7-17(15(2)9-18)6-5-16-10-23(28)25(30-14-31)24(29)11-16/h7-13H,3-4H2,1-2H3. The van der Waals surface area contributed by atoms with Crippen molar-refractivity contribution >= 4 is 23.1 Å². The number of rotatable bonds is 4. The second-order valence-electron chi connectivity index (χ2n) is 6.94. The van der Waals surface area contributed by atoms with Gasteiger partial charge >= 0.3 is 0 Å². The molecule has 31 heavy (non-hydrogen) atoms. The van der Waals surface area contributed by atoms with Crippen molar-refractivity contribution in [1.82, 2.24) is 0 Å². The minimum atomic E-state index is -0.885. The minimum absolute atomic E-state index is 0.0900. The molecule has 156 valence electrons. The van der Waals surface area contributed by atoms with Crippen molar-refractivity contribution in [3.05, 3.63) is 88.0 Å². The van der Waals surface area contributed by atoms with Gasteiger partial charge in [-0.2, -0.15) is 4.99 Å². The molecule has 6 heteroatoms. The number of isothiocyanates is 1. The maximum absolute atomic E-state index is 14.3. The Labute approximate surface area is 183 Å². The number of benzene rings is 3. The topological polar surface area (TPSA) is 12.4 Å². The Morgan fingerprint density at radius 2 is 1.48 bits per heavy atom. The van der Waals surface area contributed by atoms with Crippen molar-refractivity contribution in [3.63, 3.8) is 0 Å². The average Bonchev–Trinajstić information content (AvgIpc) is 2.72. The summed E-state index contributed by atoms with van der Waals surface area (Å²) in [4.78, 5) is 3.36. The van der Waals surface area contributed by atoms with Crippen LogP contribution in [0.25, 0.3) is 11.1 Å². The second-order valence-corrected chi connectivity index (χ2v) is 7.12. The van der Waals surface area contributed by atoms with Gasteiger partial charge in [-0.1, -0.05) is 37.3 Å². The zero-order chi connectivity index (χ0) is 22.5. The first-order valence-electron chi connectivity index (χ1n) is 9.52. The Bertz CT molecular complexity index is 1220. The van der Waals surface area contributed by atoms with Crippen LogP contribution in [0.1, 0.15) is 35.6 Å². The van der Waals surface area contributed by atoms with Crippen molar-refractivity contribution in [2.75, 3.05) is 0 Å². The molecular weight excluding hydrogens is 422 g/mol. The fraction of sp³-hybridized carbons (Fsp3) is 0.160. The number of hydrogen-bond donors (Lipinski definition) is 0. The summed E-state index contributed by atoms with van der Waals surface area (Å²) in [6.07, 6.45) is 0.987. The third-order valence-corrected chi connectivity index (χ3v) is 4.81. The summed E-state index contributed by atoms with van der Waals surface area (Å²) in [6, 6.07) is 9.93. The zero-order valence-electron chi connectivity index (χ0n) is 16.8. The molecule has 0 saturated carbocycles. The fourth-order valence-corrected chi connectivity index (χ4v) is 3.26. The van der Waals surface area contributed by atoms with Crippen molar-refractivity contribution in [1.29, 1.82) is 0 Å². The lowest BCUT2D eigenvalue weighted by atomic mass is 9.97. The van der Waals surface area contributed by atoms with E-state index in [9.17, 15) is 17.6 Å². The highest BCUT2D eigenvalue weighted by molar-refractivity contribution is 7.78. The molecule has 0 aliphatic carbocycles. The maximum atomic E-state index is 14.3. The molecule has 0 aliphatic heterocycles. The van der Waals surface area contributed by atoms with E-state index in [1.165, 1.54) is 12.1 Å². The summed E-state index contributed by atoms with van der Waals surface area (Å²) >= 11 is 4.37. The molecule has 0 aromatic heterocycles. The summed E-state index contributed by atoms with van der Waals surface area (Å²) in [5, 5.41) is 1.93. The Balaban J connectivity index is 1.92. The van der Waals surface area contributed by atoms with Gasteiger partial charge in [0.25, 0.3) is 0 Å². The van der Waals surface area contributed by atoms with Crippen LogP contribution in [0.3, 0.4) is 0 Å². The third-order valence-electron chi connectivity index (χ3n) is 4.72. The van der Waals surface area contributed by atoms with E-state index >= 15 is 0 Å². The summed E-state index contributed by atoms with van der Waals surface area (Å²) < 4.78 is 56.4. The molecule has 0 saturated heterocycles. The molecule has 3 aromatic carbocycles. The van der Waals surface area contributed by atoms with Crippen LogP contribution in [0, 0.1) is 42.0 Å². The average molecular weight is 439 g/mol. The Hall–Kier alpha value is -3.26. The third kappa shape index (κ3) is 5.08. The molecule has 3 aromatic rings. The van der Waals surface area contributed by atoms with Gasteiger partial charge in [-0.05, 0) is 72.6 Å². The Kier molecular flexibility index (Phi) is 7.02. The molecule has 0 atom stereocenters. The lowest BCUT2D eigenvalue weighted by Crippen LogP contribution is -1.97. The largest absolute Gasteiger partial charge is 0.207 e. The molecule has 0 heterocycles. The van der Waals surface area contributed by atoms with E-state index in [0.717, 1.165) is 17.7 Å². The maximum Gasteiger partial charge on any atom is 0.153 e. The molecule has 3 rings (SSSR count). The van der Waals surface area contributed by atoms with Crippen LogP contribution in [0.5, 0.6) is 0 Å². The van der Waals surface area contributed by atoms with Gasteiger partial charge in [0.05, 0.1) is 5.16 Å². The predicted octanol–water partition coefficient (Wildman–Crippen LogP) is 7.31. The Morgan fingerprint density at radius 3 is 2.03 bits per heavy atom. The molecule has 0 fully saturated rings. The van der Waals surface area contributed by atoms with Crippen molar-refractivity contribution < 1.29 is 17.6 Å². The first-order valence-corrected chi connectivity index (χ1v) is 9.92. The van der Waals surface area contributed by atoms with E-state index in [0.29, 0.717) is 29.5 Å². The highest BCUT2D eigenvalue weighted by Gasteiger charge is 2.12. The first-order chi connectivity index (χ1) is 14.8. The first kappa shape index (κ1) is 22.4. The molecule has 1 nitrogen and oxygen atoms in total. The highest BCUT2D eigenvalue weighted by Crippen LogP contribution is 2.27. The molecule has 0 radical (unpaired) electrons. The van der Waals surface area contributed by atoms with Gasteiger partial charge in [-0.25, -0.2) is 17.6 Å². The summed E-state index contributed by atoms with van der Waals surface area (Å²) in [6.45, 7) is 3.66. The highest BCUT2D eigenvalue weighted by atomic mass is 32.1. The summed E-state index contributed by atoms with van der Waals surface area (Å²) in [5.74, 6) is 2.68. The van der Waals surface area contributed by atoms with Crippen LogP contribution in [-0.4, -0.2) is 5.16 Å². The van der Waals surface area contributed by atoms with E-state index in [4.69, 9.17) is 0 Å². The van der Waals surface area contributed by atoms with E-state index in [2.05, 4.69) is 29.1 Å². The minimum Gasteiger partial charge on any atom is -0.207 e. The predicted molar refractivity (Wildman–Crippen MR) is 118 cm³/mol. The molecule has 0 spiro atoms. The molecule has 0 N–H and O–H groups in total. The normalized spacial score (nSPS) is 10.3. The van der Waals surface area contributed by atoms with Gasteiger partial charge in [-0.15, -0.1) is 0 Å². The summed E-state index contributed by atoms with van der Waals surface area (Å²) in [5.41, 5.74) is 2.16. The van der Waals surface area contributed by atoms with Gasteiger partial charge in [0.15, 0.2) is 11.6 Å². The second kappa shape index (κ2) is 9.70. The monoisotopic (exact) mass is 439 g/mol. The quantitative estimate of drug-likeness (QED) is 0.180. The molecule has 0 amide bonds. The van der Waals surface area contributed by atoms with Crippen LogP contribution < -0.4 is 0 Å². The van der Waals surface area contributed by atoms with Crippen LogP contribution in [0.15, 0.2) is 47.5 Å². The molecule has 0 bridgehead atoms. The number of nitrogens with zero attached hydrogens (tertiary/aromatic N) is 1. The van der Waals surface area contributed by atoms with E-state index in [1.807, 2.05) is 12.1 Å². The van der Waals surface area contributed by atoms with E-state index in [1.54, 1.807) is 25.1 Å². The van der Waals surface area contributed by atoms with Crippen molar-refractivity contribution in [2.45, 2.75) is 26.7 Å². The number of thiocarbonyl (C=S) groups is 1. The van der Waals surface area contributed by atoms with Crippen LogP contribution >= 0.6 is 12.2 Å². The van der Waals surface area contributed by atoms with Crippen LogP contribution in [-0.2, 0) is 6.42 Å². The van der Waals surface area contributed by atoms with Gasteiger partial charge in [0.2, 0.25) is 0 Å². The lowest BCUT2D eigenvalue weighted by molar-refractivity contribution is 0.554. The SMILES string of the molecule is CCCc1c(F)cc(-c2ccc(C#Cc3cc(F)c(N=C=S)c(F)c3)c(C)c2)cc1F. The van der Waals surface area contributed by atoms with E-state index in [-0.39, 0.29) is 11.1 Å². The lowest BCUT2D eigenvalue weighted by Gasteiger charge is -2.09. The van der Waals surface area contributed by atoms with Crippen LogP contribution in [0.2, 0.25) is 0 Å². The van der Waals surface area contributed by atoms with Gasteiger partial charge in [0, 0.05) is 16.7 Å². The Morgan fingerprint density at radius 1 is 0.839 bits per heavy atom. The smallest absolute Gasteiger partial charge is 0.153 e. The van der Waals surface area contributed by atoms with Gasteiger partial charge in [-0.3, -0.25) is 0 Å². The van der Waals surface area contributed by atoms with Crippen molar-refractivity contribution in [3.8, 4) is 23.0 Å². The van der Waals surface area contributed by atoms with Gasteiger partial charge in [0.1, 0.15) is 17.3 Å². The number of hydrogen-bond acceptors (Lipinski definition) is 2. The molecule has 0 unspecified atom stereocenters. The number of aryl methyl sites for hydroxylation is 1. The number of aliphatic imine (C=N–C) groups is 1. The van der Waals surface area contributed by atoms with Crippen LogP contribution in [0.4, 0.5) is 23.2 Å². The summed E-state index contributed by atoms with van der Waals surface area (Å²) in [7, 11) is 0. The molecule has 0 aliphatic rings. The van der Waals surface area contributed by atoms with Gasteiger partial charge < -0.3 is 0 Å². The van der Waals surface area contributed by atoms with Crippen molar-refractivity contribution in [2.24, 2.45) is 4.99 Å².